The van der Waals surface area contributed by atoms with Crippen molar-refractivity contribution in [1.82, 2.24) is 14.5 Å². The number of rotatable bonds is 12. The SMILES string of the molecule is CCOP(=O)(Cc1ccc(NC(=O)CCc2oc(-n3cnc4ccccc43)nc2-c2cccc(Cl)c2)cc1)OCC. The van der Waals surface area contributed by atoms with E-state index < -0.39 is 7.60 Å². The van der Waals surface area contributed by atoms with Crippen molar-refractivity contribution in [3.05, 3.63) is 95.5 Å². The van der Waals surface area contributed by atoms with Gasteiger partial charge in [0.1, 0.15) is 17.8 Å². The summed E-state index contributed by atoms with van der Waals surface area (Å²) in [6.45, 7) is 4.16. The molecule has 0 radical (unpaired) electrons. The second kappa shape index (κ2) is 12.8. The smallest absolute Gasteiger partial charge is 0.335 e. The predicted molar refractivity (Wildman–Crippen MR) is 160 cm³/mol. The van der Waals surface area contributed by atoms with Crippen molar-refractivity contribution in [1.29, 1.82) is 0 Å². The van der Waals surface area contributed by atoms with E-state index in [1.54, 1.807) is 55.1 Å². The van der Waals surface area contributed by atoms with E-state index >= 15 is 0 Å². The molecule has 0 aliphatic carbocycles. The first kappa shape index (κ1) is 28.8. The number of amides is 1. The molecule has 0 unspecified atom stereocenters. The van der Waals surface area contributed by atoms with E-state index in [0.29, 0.717) is 47.8 Å². The molecule has 212 valence electrons. The molecular weight excluding hydrogens is 563 g/mol. The van der Waals surface area contributed by atoms with Gasteiger partial charge in [-0.1, -0.05) is 48.0 Å². The molecule has 11 heteroatoms. The fraction of sp³-hybridized carbons (Fsp3) is 0.233. The van der Waals surface area contributed by atoms with Crippen molar-refractivity contribution in [2.24, 2.45) is 0 Å². The maximum atomic E-state index is 12.9. The van der Waals surface area contributed by atoms with E-state index in [-0.39, 0.29) is 18.5 Å². The summed E-state index contributed by atoms with van der Waals surface area (Å²) in [5, 5.41) is 3.49. The zero-order chi connectivity index (χ0) is 28.8. The van der Waals surface area contributed by atoms with Crippen LogP contribution in [0.25, 0.3) is 28.3 Å². The molecule has 9 nitrogen and oxygen atoms in total. The maximum absolute atomic E-state index is 12.9. The molecule has 0 atom stereocenters. The second-order valence-corrected chi connectivity index (χ2v) is 11.7. The number of para-hydroxylation sites is 2. The third kappa shape index (κ3) is 6.94. The fourth-order valence-electron chi connectivity index (χ4n) is 4.47. The van der Waals surface area contributed by atoms with Crippen LogP contribution in [0.5, 0.6) is 0 Å². The third-order valence-electron chi connectivity index (χ3n) is 6.29. The molecule has 3 aromatic carbocycles. The largest absolute Gasteiger partial charge is 0.427 e. The monoisotopic (exact) mass is 592 g/mol. The lowest BCUT2D eigenvalue weighted by atomic mass is 10.1. The molecule has 0 fully saturated rings. The number of nitrogens with zero attached hydrogens (tertiary/aromatic N) is 3. The summed E-state index contributed by atoms with van der Waals surface area (Å²) >= 11 is 6.26. The Hall–Kier alpha value is -3.75. The molecule has 2 heterocycles. The van der Waals surface area contributed by atoms with Crippen LogP contribution < -0.4 is 5.32 Å². The summed E-state index contributed by atoms with van der Waals surface area (Å²) in [6.07, 6.45) is 2.31. The van der Waals surface area contributed by atoms with Crippen LogP contribution in [-0.2, 0) is 31.0 Å². The Labute approximate surface area is 243 Å². The van der Waals surface area contributed by atoms with E-state index in [1.807, 2.05) is 42.5 Å². The number of carbonyl (C=O) groups excluding carboxylic acids is 1. The van der Waals surface area contributed by atoms with E-state index in [9.17, 15) is 9.36 Å². The van der Waals surface area contributed by atoms with Gasteiger partial charge >= 0.3 is 13.6 Å². The molecule has 5 aromatic rings. The molecule has 0 saturated carbocycles. The first-order chi connectivity index (χ1) is 19.9. The summed E-state index contributed by atoms with van der Waals surface area (Å²) in [4.78, 5) is 22.1. The summed E-state index contributed by atoms with van der Waals surface area (Å²) in [6, 6.07) is 22.6. The van der Waals surface area contributed by atoms with Gasteiger partial charge in [0.05, 0.1) is 30.4 Å². The number of aryl methyl sites for hydroxylation is 1. The Balaban J connectivity index is 1.31. The van der Waals surface area contributed by atoms with Crippen LogP contribution in [0.1, 0.15) is 31.6 Å². The van der Waals surface area contributed by atoms with Gasteiger partial charge in [0.15, 0.2) is 0 Å². The number of aromatic nitrogens is 3. The molecule has 1 amide bonds. The molecule has 2 aromatic heterocycles. The summed E-state index contributed by atoms with van der Waals surface area (Å²) in [5.74, 6) is 0.378. The highest BCUT2D eigenvalue weighted by molar-refractivity contribution is 7.53. The molecule has 0 saturated heterocycles. The molecule has 0 bridgehead atoms. The number of hydrogen-bond donors (Lipinski definition) is 1. The minimum absolute atomic E-state index is 0.162. The molecule has 0 aliphatic heterocycles. The number of oxazole rings is 1. The van der Waals surface area contributed by atoms with Gasteiger partial charge in [-0.3, -0.25) is 13.9 Å². The molecule has 1 N–H and O–H groups in total. The highest BCUT2D eigenvalue weighted by atomic mass is 35.5. The highest BCUT2D eigenvalue weighted by Gasteiger charge is 2.24. The molecule has 0 spiro atoms. The topological polar surface area (TPSA) is 108 Å². The fourth-order valence-corrected chi connectivity index (χ4v) is 6.37. The summed E-state index contributed by atoms with van der Waals surface area (Å²) in [5.41, 5.74) is 4.50. The van der Waals surface area contributed by atoms with Crippen LogP contribution in [0.4, 0.5) is 5.69 Å². The number of fused-ring (bicyclic) bond motifs is 1. The van der Waals surface area contributed by atoms with E-state index in [1.165, 1.54) is 0 Å². The molecule has 0 aliphatic rings. The summed E-state index contributed by atoms with van der Waals surface area (Å²) in [7, 11) is -3.21. The van der Waals surface area contributed by atoms with Gasteiger partial charge in [-0.15, -0.1) is 0 Å². The maximum Gasteiger partial charge on any atom is 0.335 e. The minimum atomic E-state index is -3.21. The Morgan fingerprint density at radius 1 is 1.02 bits per heavy atom. The van der Waals surface area contributed by atoms with Crippen molar-refractivity contribution < 1.29 is 22.8 Å². The van der Waals surface area contributed by atoms with Crippen LogP contribution in [0, 0.1) is 0 Å². The van der Waals surface area contributed by atoms with Crippen molar-refractivity contribution in [3.63, 3.8) is 0 Å². The lowest BCUT2D eigenvalue weighted by Gasteiger charge is -2.17. The van der Waals surface area contributed by atoms with E-state index in [4.69, 9.17) is 30.0 Å². The number of imidazole rings is 1. The normalized spacial score (nSPS) is 11.7. The second-order valence-electron chi connectivity index (χ2n) is 9.23. The molecular formula is C30H30ClN4O5P. The number of hydrogen-bond acceptors (Lipinski definition) is 7. The number of carbonyl (C=O) groups is 1. The van der Waals surface area contributed by atoms with Gasteiger partial charge in [0.2, 0.25) is 5.91 Å². The van der Waals surface area contributed by atoms with Crippen molar-refractivity contribution in [3.8, 4) is 17.3 Å². The first-order valence-corrected chi connectivity index (χ1v) is 15.4. The number of benzene rings is 3. The predicted octanol–water partition coefficient (Wildman–Crippen LogP) is 7.67. The van der Waals surface area contributed by atoms with Gasteiger partial charge < -0.3 is 18.8 Å². The Morgan fingerprint density at radius 3 is 2.51 bits per heavy atom. The first-order valence-electron chi connectivity index (χ1n) is 13.3. The van der Waals surface area contributed by atoms with Gasteiger partial charge in [-0.05, 0) is 55.8 Å². The number of anilines is 1. The quantitative estimate of drug-likeness (QED) is 0.148. The van der Waals surface area contributed by atoms with E-state index in [0.717, 1.165) is 22.2 Å². The minimum Gasteiger partial charge on any atom is -0.427 e. The zero-order valence-electron chi connectivity index (χ0n) is 22.7. The van der Waals surface area contributed by atoms with Gasteiger partial charge in [-0.2, -0.15) is 4.98 Å². The molecule has 5 rings (SSSR count). The number of nitrogens with one attached hydrogen (secondary N) is 1. The van der Waals surface area contributed by atoms with Crippen LogP contribution in [-0.4, -0.2) is 33.7 Å². The Kier molecular flexibility index (Phi) is 9.00. The van der Waals surface area contributed by atoms with Crippen molar-refractivity contribution in [2.45, 2.75) is 32.9 Å². The van der Waals surface area contributed by atoms with Crippen LogP contribution in [0.3, 0.4) is 0 Å². The van der Waals surface area contributed by atoms with Crippen LogP contribution in [0.2, 0.25) is 5.02 Å². The van der Waals surface area contributed by atoms with Gasteiger partial charge in [0, 0.05) is 29.1 Å². The average Bonchev–Trinajstić information content (AvgIpc) is 3.58. The Morgan fingerprint density at radius 2 is 1.78 bits per heavy atom. The van der Waals surface area contributed by atoms with Crippen molar-refractivity contribution in [2.75, 3.05) is 18.5 Å². The zero-order valence-corrected chi connectivity index (χ0v) is 24.4. The van der Waals surface area contributed by atoms with Crippen LogP contribution >= 0.6 is 19.2 Å². The standard InChI is InChI=1S/C30H30ClN4O5P/c1-3-38-41(37,39-4-2)19-21-12-14-24(15-13-21)33-28(36)17-16-27-29(22-8-7-9-23(31)18-22)34-30(40-27)35-20-32-25-10-5-6-11-26(25)35/h5-15,18,20H,3-4,16-17,19H2,1-2H3,(H,33,36). The lowest BCUT2D eigenvalue weighted by Crippen LogP contribution is -2.12. The van der Waals surface area contributed by atoms with Crippen molar-refractivity contribution >= 4 is 41.8 Å². The van der Waals surface area contributed by atoms with E-state index in [2.05, 4.69) is 10.3 Å². The Bertz CT molecular complexity index is 1690. The third-order valence-corrected chi connectivity index (χ3v) is 8.58. The summed E-state index contributed by atoms with van der Waals surface area (Å²) < 4.78 is 31.5. The average molecular weight is 593 g/mol. The highest BCUT2D eigenvalue weighted by Crippen LogP contribution is 2.51. The number of halogens is 1. The molecule has 41 heavy (non-hydrogen) atoms. The lowest BCUT2D eigenvalue weighted by molar-refractivity contribution is -0.116. The van der Waals surface area contributed by atoms with Gasteiger partial charge in [-0.25, -0.2) is 4.98 Å². The van der Waals surface area contributed by atoms with Gasteiger partial charge in [0.25, 0.3) is 0 Å². The van der Waals surface area contributed by atoms with Crippen LogP contribution in [0.15, 0.2) is 83.5 Å².